The van der Waals surface area contributed by atoms with Crippen LogP contribution in [0.4, 0.5) is 0 Å². The van der Waals surface area contributed by atoms with Crippen LogP contribution in [0.2, 0.25) is 0 Å². The first kappa shape index (κ1) is 16.5. The van der Waals surface area contributed by atoms with E-state index in [9.17, 15) is 0 Å². The number of hydrogen-bond donors (Lipinski definition) is 1. The Labute approximate surface area is 130 Å². The van der Waals surface area contributed by atoms with E-state index in [2.05, 4.69) is 55.7 Å². The van der Waals surface area contributed by atoms with Gasteiger partial charge in [-0.1, -0.05) is 47.5 Å². The molecule has 1 fully saturated rings. The summed E-state index contributed by atoms with van der Waals surface area (Å²) in [5, 5.41) is 3.97. The van der Waals surface area contributed by atoms with E-state index in [4.69, 9.17) is 0 Å². The number of imidazole rings is 1. The molecule has 1 aliphatic carbocycles. The van der Waals surface area contributed by atoms with Crippen molar-refractivity contribution >= 4 is 0 Å². The zero-order valence-corrected chi connectivity index (χ0v) is 14.5. The van der Waals surface area contributed by atoms with Gasteiger partial charge < -0.3 is 9.88 Å². The molecule has 3 atom stereocenters. The van der Waals surface area contributed by atoms with Gasteiger partial charge in [-0.2, -0.15) is 0 Å². The van der Waals surface area contributed by atoms with E-state index in [1.165, 1.54) is 25.7 Å². The minimum Gasteiger partial charge on any atom is -0.336 e. The van der Waals surface area contributed by atoms with Crippen LogP contribution in [0.3, 0.4) is 0 Å². The number of hydrogen-bond acceptors (Lipinski definition) is 2. The summed E-state index contributed by atoms with van der Waals surface area (Å²) in [4.78, 5) is 4.17. The van der Waals surface area contributed by atoms with Gasteiger partial charge >= 0.3 is 0 Å². The normalized spacial score (nSPS) is 25.2. The largest absolute Gasteiger partial charge is 0.336 e. The van der Waals surface area contributed by atoms with Crippen LogP contribution in [0.15, 0.2) is 18.7 Å². The lowest BCUT2D eigenvalue weighted by molar-refractivity contribution is 0.170. The lowest BCUT2D eigenvalue weighted by Crippen LogP contribution is -2.49. The zero-order chi connectivity index (χ0) is 15.5. The summed E-state index contributed by atoms with van der Waals surface area (Å²) in [6, 6.07) is 1.17. The molecule has 0 bridgehead atoms. The fraction of sp³-hybridized carbons (Fsp3) is 0.833. The predicted molar refractivity (Wildman–Crippen MR) is 89.2 cm³/mol. The van der Waals surface area contributed by atoms with E-state index < -0.39 is 0 Å². The van der Waals surface area contributed by atoms with E-state index in [0.717, 1.165) is 18.4 Å². The van der Waals surface area contributed by atoms with Gasteiger partial charge in [0.25, 0.3) is 0 Å². The SMILES string of the molecule is CC(C)C1CCCC(NC(Cn2ccnc2)C(C)(C)C)C1. The lowest BCUT2D eigenvalue weighted by Gasteiger charge is -2.39. The van der Waals surface area contributed by atoms with Crippen LogP contribution >= 0.6 is 0 Å². The molecule has 1 saturated carbocycles. The number of nitrogens with zero attached hydrogens (tertiary/aromatic N) is 2. The van der Waals surface area contributed by atoms with Crippen molar-refractivity contribution in [2.24, 2.45) is 17.3 Å². The fourth-order valence-corrected chi connectivity index (χ4v) is 3.45. The second-order valence-corrected chi connectivity index (χ2v) is 8.21. The summed E-state index contributed by atoms with van der Waals surface area (Å²) in [5.41, 5.74) is 0.259. The Hall–Kier alpha value is -0.830. The maximum atomic E-state index is 4.17. The highest BCUT2D eigenvalue weighted by molar-refractivity contribution is 4.89. The van der Waals surface area contributed by atoms with Gasteiger partial charge in [0, 0.05) is 31.0 Å². The van der Waals surface area contributed by atoms with Crippen LogP contribution in [0.1, 0.15) is 60.3 Å². The third-order valence-electron chi connectivity index (χ3n) is 5.09. The summed E-state index contributed by atoms with van der Waals surface area (Å²) in [6.45, 7) is 12.8. The van der Waals surface area contributed by atoms with Gasteiger partial charge in [0.15, 0.2) is 0 Å². The third kappa shape index (κ3) is 4.84. The van der Waals surface area contributed by atoms with Crippen molar-refractivity contribution in [2.75, 3.05) is 0 Å². The molecule has 1 aliphatic rings. The molecule has 1 N–H and O–H groups in total. The summed E-state index contributed by atoms with van der Waals surface area (Å²) < 4.78 is 2.20. The van der Waals surface area contributed by atoms with Gasteiger partial charge in [-0.25, -0.2) is 4.98 Å². The van der Waals surface area contributed by atoms with Crippen LogP contribution in [0.25, 0.3) is 0 Å². The highest BCUT2D eigenvalue weighted by Crippen LogP contribution is 2.31. The van der Waals surface area contributed by atoms with Gasteiger partial charge in [-0.15, -0.1) is 0 Å². The lowest BCUT2D eigenvalue weighted by atomic mass is 9.78. The highest BCUT2D eigenvalue weighted by Gasteiger charge is 2.30. The van der Waals surface area contributed by atoms with E-state index in [1.807, 2.05) is 12.5 Å². The van der Waals surface area contributed by atoms with Gasteiger partial charge in [0.1, 0.15) is 0 Å². The number of aromatic nitrogens is 2. The quantitative estimate of drug-likeness (QED) is 0.885. The maximum Gasteiger partial charge on any atom is 0.0946 e. The fourth-order valence-electron chi connectivity index (χ4n) is 3.45. The van der Waals surface area contributed by atoms with E-state index in [-0.39, 0.29) is 5.41 Å². The van der Waals surface area contributed by atoms with Crippen LogP contribution in [0.5, 0.6) is 0 Å². The van der Waals surface area contributed by atoms with Crippen molar-refractivity contribution in [3.8, 4) is 0 Å². The predicted octanol–water partition coefficient (Wildman–Crippen LogP) is 4.10. The van der Waals surface area contributed by atoms with Crippen molar-refractivity contribution in [3.63, 3.8) is 0 Å². The molecule has 0 saturated heterocycles. The van der Waals surface area contributed by atoms with Crippen molar-refractivity contribution in [1.29, 1.82) is 0 Å². The van der Waals surface area contributed by atoms with Crippen LogP contribution < -0.4 is 5.32 Å². The molecule has 21 heavy (non-hydrogen) atoms. The van der Waals surface area contributed by atoms with Gasteiger partial charge in [-0.3, -0.25) is 0 Å². The van der Waals surface area contributed by atoms with Crippen molar-refractivity contribution in [1.82, 2.24) is 14.9 Å². The number of nitrogens with one attached hydrogen (secondary N) is 1. The second kappa shape index (κ2) is 6.95. The zero-order valence-electron chi connectivity index (χ0n) is 14.5. The molecular formula is C18H33N3. The Morgan fingerprint density at radius 3 is 2.62 bits per heavy atom. The molecule has 1 aromatic rings. The third-order valence-corrected chi connectivity index (χ3v) is 5.09. The first-order valence-corrected chi connectivity index (χ1v) is 8.58. The van der Waals surface area contributed by atoms with Crippen molar-refractivity contribution in [3.05, 3.63) is 18.7 Å². The van der Waals surface area contributed by atoms with Crippen LogP contribution in [-0.2, 0) is 6.54 Å². The molecule has 0 spiro atoms. The summed E-state index contributed by atoms with van der Waals surface area (Å²) >= 11 is 0. The minimum atomic E-state index is 0.259. The molecule has 3 heteroatoms. The molecule has 3 nitrogen and oxygen atoms in total. The topological polar surface area (TPSA) is 29.9 Å². The highest BCUT2D eigenvalue weighted by atomic mass is 15.1. The summed E-state index contributed by atoms with van der Waals surface area (Å²) in [7, 11) is 0. The molecule has 0 aliphatic heterocycles. The molecule has 1 aromatic heterocycles. The van der Waals surface area contributed by atoms with Gasteiger partial charge in [0.2, 0.25) is 0 Å². The second-order valence-electron chi connectivity index (χ2n) is 8.21. The van der Waals surface area contributed by atoms with E-state index >= 15 is 0 Å². The Balaban J connectivity index is 1.98. The van der Waals surface area contributed by atoms with E-state index in [1.54, 1.807) is 0 Å². The molecule has 3 unspecified atom stereocenters. The molecular weight excluding hydrogens is 258 g/mol. The standard InChI is InChI=1S/C18H33N3/c1-14(2)15-7-6-8-16(11-15)20-17(18(3,4)5)12-21-10-9-19-13-21/h9-10,13-17,20H,6-8,11-12H2,1-5H3. The molecule has 0 radical (unpaired) electrons. The Kier molecular flexibility index (Phi) is 5.48. The molecule has 120 valence electrons. The van der Waals surface area contributed by atoms with E-state index in [0.29, 0.717) is 12.1 Å². The van der Waals surface area contributed by atoms with Crippen LogP contribution in [0, 0.1) is 17.3 Å². The minimum absolute atomic E-state index is 0.259. The summed E-state index contributed by atoms with van der Waals surface area (Å²) in [6.07, 6.45) is 11.3. The first-order valence-electron chi connectivity index (χ1n) is 8.58. The Bertz CT molecular complexity index is 403. The molecule has 0 amide bonds. The Morgan fingerprint density at radius 1 is 1.29 bits per heavy atom. The average molecular weight is 291 g/mol. The maximum absolute atomic E-state index is 4.17. The monoisotopic (exact) mass is 291 g/mol. The first-order chi connectivity index (χ1) is 9.86. The smallest absolute Gasteiger partial charge is 0.0946 e. The summed E-state index contributed by atoms with van der Waals surface area (Å²) in [5.74, 6) is 1.71. The molecule has 0 aromatic carbocycles. The number of rotatable bonds is 5. The molecule has 2 rings (SSSR count). The van der Waals surface area contributed by atoms with Crippen molar-refractivity contribution < 1.29 is 0 Å². The Morgan fingerprint density at radius 2 is 2.05 bits per heavy atom. The van der Waals surface area contributed by atoms with Crippen LogP contribution in [-0.4, -0.2) is 21.6 Å². The average Bonchev–Trinajstić information content (AvgIpc) is 2.90. The van der Waals surface area contributed by atoms with Crippen molar-refractivity contribution in [2.45, 2.75) is 78.9 Å². The van der Waals surface area contributed by atoms with Gasteiger partial charge in [0.05, 0.1) is 6.33 Å². The van der Waals surface area contributed by atoms with Gasteiger partial charge in [-0.05, 0) is 30.1 Å². The molecule has 1 heterocycles.